The van der Waals surface area contributed by atoms with E-state index in [2.05, 4.69) is 26.1 Å². The van der Waals surface area contributed by atoms with Crippen LogP contribution in [0.4, 0.5) is 0 Å². The van der Waals surface area contributed by atoms with Crippen molar-refractivity contribution in [3.05, 3.63) is 71.1 Å². The first-order valence-electron chi connectivity index (χ1n) is 8.83. The first kappa shape index (κ1) is 17.2. The summed E-state index contributed by atoms with van der Waals surface area (Å²) in [6.07, 6.45) is 0. The standard InChI is InChI=1S/C20H21ClN4O/c21-18-8-4-5-16(13-18)14-24-9-11-25(12-10-24)15-19-22-23-20(26-19)17-6-2-1-3-7-17/h1-8,13H,9-12,14-15H2. The van der Waals surface area contributed by atoms with Gasteiger partial charge in [0.15, 0.2) is 0 Å². The zero-order valence-electron chi connectivity index (χ0n) is 14.5. The third-order valence-electron chi connectivity index (χ3n) is 4.61. The van der Waals surface area contributed by atoms with E-state index in [9.17, 15) is 0 Å². The lowest BCUT2D eigenvalue weighted by molar-refractivity contribution is 0.114. The molecule has 26 heavy (non-hydrogen) atoms. The van der Waals surface area contributed by atoms with Crippen molar-refractivity contribution >= 4 is 11.6 Å². The minimum atomic E-state index is 0.584. The maximum absolute atomic E-state index is 6.07. The Hall–Kier alpha value is -2.21. The fourth-order valence-electron chi connectivity index (χ4n) is 3.21. The lowest BCUT2D eigenvalue weighted by Gasteiger charge is -2.33. The average molecular weight is 369 g/mol. The number of benzene rings is 2. The fraction of sp³-hybridized carbons (Fsp3) is 0.300. The van der Waals surface area contributed by atoms with Gasteiger partial charge in [0.2, 0.25) is 11.8 Å². The molecule has 1 aliphatic heterocycles. The van der Waals surface area contributed by atoms with Crippen LogP contribution < -0.4 is 0 Å². The summed E-state index contributed by atoms with van der Waals surface area (Å²) in [5.41, 5.74) is 2.22. The van der Waals surface area contributed by atoms with E-state index < -0.39 is 0 Å². The highest BCUT2D eigenvalue weighted by molar-refractivity contribution is 6.30. The van der Waals surface area contributed by atoms with E-state index in [-0.39, 0.29) is 0 Å². The molecule has 2 aromatic carbocycles. The molecule has 1 fully saturated rings. The summed E-state index contributed by atoms with van der Waals surface area (Å²) in [5, 5.41) is 9.16. The molecule has 5 nitrogen and oxygen atoms in total. The normalized spacial score (nSPS) is 16.0. The van der Waals surface area contributed by atoms with E-state index in [1.807, 2.05) is 48.5 Å². The lowest BCUT2D eigenvalue weighted by atomic mass is 10.2. The fourth-order valence-corrected chi connectivity index (χ4v) is 3.42. The van der Waals surface area contributed by atoms with Gasteiger partial charge in [0.1, 0.15) is 0 Å². The highest BCUT2D eigenvalue weighted by atomic mass is 35.5. The minimum absolute atomic E-state index is 0.584. The van der Waals surface area contributed by atoms with Gasteiger partial charge in [0, 0.05) is 43.3 Å². The third kappa shape index (κ3) is 4.30. The van der Waals surface area contributed by atoms with Crippen LogP contribution in [0.15, 0.2) is 59.0 Å². The molecule has 2 heterocycles. The first-order chi connectivity index (χ1) is 12.8. The Balaban J connectivity index is 1.29. The number of hydrogen-bond donors (Lipinski definition) is 0. The van der Waals surface area contributed by atoms with Crippen LogP contribution in [0.2, 0.25) is 5.02 Å². The summed E-state index contributed by atoms with van der Waals surface area (Å²) in [6.45, 7) is 5.66. The molecular formula is C20H21ClN4O. The molecule has 1 saturated heterocycles. The van der Waals surface area contributed by atoms with Crippen LogP contribution in [0.3, 0.4) is 0 Å². The molecule has 0 bridgehead atoms. The molecular weight excluding hydrogens is 348 g/mol. The summed E-state index contributed by atoms with van der Waals surface area (Å²) in [4.78, 5) is 4.81. The molecule has 134 valence electrons. The maximum atomic E-state index is 6.07. The average Bonchev–Trinajstić information content (AvgIpc) is 3.13. The molecule has 4 rings (SSSR count). The van der Waals surface area contributed by atoms with Crippen molar-refractivity contribution in [1.29, 1.82) is 0 Å². The molecule has 1 aromatic heterocycles. The number of hydrogen-bond acceptors (Lipinski definition) is 5. The lowest BCUT2D eigenvalue weighted by Crippen LogP contribution is -2.45. The van der Waals surface area contributed by atoms with Crippen molar-refractivity contribution in [3.8, 4) is 11.5 Å². The van der Waals surface area contributed by atoms with Crippen molar-refractivity contribution in [2.75, 3.05) is 26.2 Å². The summed E-state index contributed by atoms with van der Waals surface area (Å²) in [5.74, 6) is 1.26. The Morgan fingerprint density at radius 3 is 2.31 bits per heavy atom. The van der Waals surface area contributed by atoms with Gasteiger partial charge in [-0.2, -0.15) is 0 Å². The second kappa shape index (κ2) is 7.99. The summed E-state index contributed by atoms with van der Waals surface area (Å²) >= 11 is 6.07. The van der Waals surface area contributed by atoms with Crippen molar-refractivity contribution in [3.63, 3.8) is 0 Å². The van der Waals surface area contributed by atoms with Gasteiger partial charge in [-0.05, 0) is 29.8 Å². The Kier molecular flexibility index (Phi) is 5.29. The maximum Gasteiger partial charge on any atom is 0.247 e. The second-order valence-corrected chi connectivity index (χ2v) is 6.99. The molecule has 0 aliphatic carbocycles. The topological polar surface area (TPSA) is 45.4 Å². The molecule has 0 atom stereocenters. The van der Waals surface area contributed by atoms with Crippen LogP contribution in [-0.4, -0.2) is 46.2 Å². The van der Waals surface area contributed by atoms with Crippen LogP contribution in [0.1, 0.15) is 11.5 Å². The van der Waals surface area contributed by atoms with Gasteiger partial charge < -0.3 is 4.42 Å². The van der Waals surface area contributed by atoms with Gasteiger partial charge in [-0.15, -0.1) is 10.2 Å². The van der Waals surface area contributed by atoms with E-state index >= 15 is 0 Å². The second-order valence-electron chi connectivity index (χ2n) is 6.55. The molecule has 0 radical (unpaired) electrons. The van der Waals surface area contributed by atoms with Crippen LogP contribution in [0, 0.1) is 0 Å². The molecule has 0 saturated carbocycles. The van der Waals surface area contributed by atoms with Crippen LogP contribution in [-0.2, 0) is 13.1 Å². The predicted octanol–water partition coefficient (Wildman–Crippen LogP) is 3.71. The molecule has 0 unspecified atom stereocenters. The van der Waals surface area contributed by atoms with E-state index in [0.717, 1.165) is 43.3 Å². The Labute approximate surface area is 158 Å². The van der Waals surface area contributed by atoms with Gasteiger partial charge in [0.25, 0.3) is 0 Å². The largest absolute Gasteiger partial charge is 0.419 e. The quantitative estimate of drug-likeness (QED) is 0.687. The van der Waals surface area contributed by atoms with Gasteiger partial charge in [-0.3, -0.25) is 9.80 Å². The first-order valence-corrected chi connectivity index (χ1v) is 9.21. The third-order valence-corrected chi connectivity index (χ3v) is 4.84. The van der Waals surface area contributed by atoms with E-state index in [1.54, 1.807) is 0 Å². The van der Waals surface area contributed by atoms with E-state index in [1.165, 1.54) is 5.56 Å². The predicted molar refractivity (Wildman–Crippen MR) is 102 cm³/mol. The van der Waals surface area contributed by atoms with E-state index in [0.29, 0.717) is 18.3 Å². The molecule has 0 N–H and O–H groups in total. The van der Waals surface area contributed by atoms with Gasteiger partial charge in [-0.1, -0.05) is 41.9 Å². The Bertz CT molecular complexity index is 844. The molecule has 0 spiro atoms. The van der Waals surface area contributed by atoms with Crippen molar-refractivity contribution < 1.29 is 4.42 Å². The number of piperazine rings is 1. The SMILES string of the molecule is Clc1cccc(CN2CCN(Cc3nnc(-c4ccccc4)o3)CC2)c1. The molecule has 0 amide bonds. The Morgan fingerprint density at radius 1 is 0.846 bits per heavy atom. The van der Waals surface area contributed by atoms with E-state index in [4.69, 9.17) is 16.0 Å². The molecule has 1 aliphatic rings. The monoisotopic (exact) mass is 368 g/mol. The summed E-state index contributed by atoms with van der Waals surface area (Å²) < 4.78 is 5.82. The highest BCUT2D eigenvalue weighted by Crippen LogP contribution is 2.18. The number of rotatable bonds is 5. The van der Waals surface area contributed by atoms with Crippen LogP contribution in [0.5, 0.6) is 0 Å². The molecule has 6 heteroatoms. The van der Waals surface area contributed by atoms with Gasteiger partial charge >= 0.3 is 0 Å². The van der Waals surface area contributed by atoms with Crippen molar-refractivity contribution in [1.82, 2.24) is 20.0 Å². The number of halogens is 1. The van der Waals surface area contributed by atoms with Crippen LogP contribution >= 0.6 is 11.6 Å². The highest BCUT2D eigenvalue weighted by Gasteiger charge is 2.19. The zero-order valence-corrected chi connectivity index (χ0v) is 15.3. The summed E-state index contributed by atoms with van der Waals surface area (Å²) in [7, 11) is 0. The summed E-state index contributed by atoms with van der Waals surface area (Å²) in [6, 6.07) is 18.0. The van der Waals surface area contributed by atoms with Crippen molar-refractivity contribution in [2.45, 2.75) is 13.1 Å². The smallest absolute Gasteiger partial charge is 0.247 e. The zero-order chi connectivity index (χ0) is 17.8. The Morgan fingerprint density at radius 2 is 1.58 bits per heavy atom. The number of nitrogens with zero attached hydrogens (tertiary/aromatic N) is 4. The molecule has 3 aromatic rings. The van der Waals surface area contributed by atoms with Gasteiger partial charge in [0.05, 0.1) is 6.54 Å². The van der Waals surface area contributed by atoms with Crippen LogP contribution in [0.25, 0.3) is 11.5 Å². The van der Waals surface area contributed by atoms with Crippen molar-refractivity contribution in [2.24, 2.45) is 0 Å². The number of aromatic nitrogens is 2. The minimum Gasteiger partial charge on any atom is -0.419 e. The van der Waals surface area contributed by atoms with Gasteiger partial charge in [-0.25, -0.2) is 0 Å².